The summed E-state index contributed by atoms with van der Waals surface area (Å²) in [7, 11) is 0. The number of imidazole rings is 2. The fraction of sp³-hybridized carbons (Fsp3) is 0.278. The van der Waals surface area contributed by atoms with Gasteiger partial charge in [-0.2, -0.15) is 10.2 Å². The Kier molecular flexibility index (Phi) is 3.77. The van der Waals surface area contributed by atoms with Crippen molar-refractivity contribution >= 4 is 33.8 Å². The van der Waals surface area contributed by atoms with Crippen LogP contribution >= 0.6 is 11.6 Å². The minimum Gasteiger partial charge on any atom is -0.381 e. The summed E-state index contributed by atoms with van der Waals surface area (Å²) in [6, 6.07) is 7.67. The van der Waals surface area contributed by atoms with Crippen molar-refractivity contribution in [2.24, 2.45) is 0 Å². The van der Waals surface area contributed by atoms with Crippen LogP contribution in [0.4, 0.5) is 0 Å². The number of fused-ring (bicyclic) bond motifs is 2. The Hall–Kier alpha value is -3.02. The minimum atomic E-state index is 0.198. The predicted octanol–water partition coefficient (Wildman–Crippen LogP) is 3.04. The van der Waals surface area contributed by atoms with Gasteiger partial charge in [0.05, 0.1) is 28.9 Å². The van der Waals surface area contributed by atoms with E-state index in [0.717, 1.165) is 23.9 Å². The largest absolute Gasteiger partial charge is 0.381 e. The van der Waals surface area contributed by atoms with E-state index in [1.807, 2.05) is 10.6 Å². The lowest BCUT2D eigenvalue weighted by atomic mass is 10.1. The van der Waals surface area contributed by atoms with Crippen molar-refractivity contribution in [3.8, 4) is 12.0 Å². The third kappa shape index (κ3) is 2.63. The van der Waals surface area contributed by atoms with Crippen molar-refractivity contribution in [2.45, 2.75) is 18.9 Å². The average molecular weight is 380 g/mol. The second-order valence-corrected chi connectivity index (χ2v) is 6.74. The summed E-state index contributed by atoms with van der Waals surface area (Å²) in [6.07, 6.45) is 5.05. The van der Waals surface area contributed by atoms with Gasteiger partial charge in [-0.1, -0.05) is 0 Å². The normalized spacial score (nSPS) is 15.4. The number of ether oxygens (including phenoxy) is 1. The Labute approximate surface area is 159 Å². The smallest absolute Gasteiger partial charge is 0.237 e. The fourth-order valence-corrected chi connectivity index (χ4v) is 3.78. The first-order chi connectivity index (χ1) is 13.2. The van der Waals surface area contributed by atoms with E-state index < -0.39 is 0 Å². The summed E-state index contributed by atoms with van der Waals surface area (Å²) in [6.45, 7) is 1.39. The van der Waals surface area contributed by atoms with Crippen LogP contribution < -0.4 is 0 Å². The Morgan fingerprint density at radius 1 is 1.15 bits per heavy atom. The summed E-state index contributed by atoms with van der Waals surface area (Å²) < 4.78 is 9.19. The molecule has 0 saturated carbocycles. The van der Waals surface area contributed by atoms with Gasteiger partial charge in [0, 0.05) is 19.3 Å². The molecule has 0 atom stereocenters. The molecule has 4 aromatic rings. The predicted molar refractivity (Wildman–Crippen MR) is 98.8 cm³/mol. The summed E-state index contributed by atoms with van der Waals surface area (Å²) in [4.78, 5) is 17.9. The molecule has 8 nitrogen and oxygen atoms in total. The monoisotopic (exact) mass is 379 g/mol. The van der Waals surface area contributed by atoms with Crippen molar-refractivity contribution < 1.29 is 4.74 Å². The van der Waals surface area contributed by atoms with E-state index in [1.54, 1.807) is 29.2 Å². The molecule has 134 valence electrons. The molecule has 1 aliphatic heterocycles. The molecule has 9 heteroatoms. The van der Waals surface area contributed by atoms with Crippen LogP contribution in [-0.4, -0.2) is 42.3 Å². The molecular formula is C18H14ClN7O. The maximum Gasteiger partial charge on any atom is 0.237 e. The van der Waals surface area contributed by atoms with Crippen molar-refractivity contribution in [2.75, 3.05) is 13.2 Å². The number of halogens is 1. The lowest BCUT2D eigenvalue weighted by Gasteiger charge is -2.24. The minimum absolute atomic E-state index is 0.198. The van der Waals surface area contributed by atoms with Crippen LogP contribution in [0.5, 0.6) is 0 Å². The first kappa shape index (κ1) is 16.2. The number of nitrogens with zero attached hydrogens (tertiary/aromatic N) is 7. The fourth-order valence-electron chi connectivity index (χ4n) is 3.47. The Bertz CT molecular complexity index is 1200. The number of nitriles is 1. The summed E-state index contributed by atoms with van der Waals surface area (Å²) in [5, 5.41) is 9.58. The highest BCUT2D eigenvalue weighted by Gasteiger charge is 2.23. The van der Waals surface area contributed by atoms with Gasteiger partial charge in [0.2, 0.25) is 11.2 Å². The molecule has 1 aromatic carbocycles. The summed E-state index contributed by atoms with van der Waals surface area (Å²) in [5.41, 5.74) is 3.44. The summed E-state index contributed by atoms with van der Waals surface area (Å²) >= 11 is 6.40. The topological polar surface area (TPSA) is 94.4 Å². The van der Waals surface area contributed by atoms with Crippen molar-refractivity contribution in [1.82, 2.24) is 29.1 Å². The maximum absolute atomic E-state index is 9.17. The van der Waals surface area contributed by atoms with E-state index in [9.17, 15) is 5.26 Å². The van der Waals surface area contributed by atoms with Gasteiger partial charge >= 0.3 is 0 Å². The van der Waals surface area contributed by atoms with Gasteiger partial charge in [0.25, 0.3) is 0 Å². The number of hydrogen-bond donors (Lipinski definition) is 0. The van der Waals surface area contributed by atoms with E-state index in [1.165, 1.54) is 0 Å². The quantitative estimate of drug-likeness (QED) is 0.497. The molecule has 1 aliphatic rings. The number of benzene rings is 1. The van der Waals surface area contributed by atoms with E-state index in [2.05, 4.69) is 21.0 Å². The van der Waals surface area contributed by atoms with Gasteiger partial charge in [-0.3, -0.25) is 9.13 Å². The molecule has 0 bridgehead atoms. The Balaban J connectivity index is 1.68. The molecule has 0 N–H and O–H groups in total. The second-order valence-electron chi connectivity index (χ2n) is 6.40. The Morgan fingerprint density at radius 2 is 2.00 bits per heavy atom. The second kappa shape index (κ2) is 6.30. The zero-order chi connectivity index (χ0) is 18.4. The van der Waals surface area contributed by atoms with E-state index in [0.29, 0.717) is 41.2 Å². The van der Waals surface area contributed by atoms with Gasteiger partial charge < -0.3 is 4.74 Å². The Morgan fingerprint density at radius 3 is 2.81 bits per heavy atom. The zero-order valence-electron chi connectivity index (χ0n) is 14.2. The highest BCUT2D eigenvalue weighted by molar-refractivity contribution is 6.29. The summed E-state index contributed by atoms with van der Waals surface area (Å²) in [5.74, 6) is 0.463. The van der Waals surface area contributed by atoms with Crippen LogP contribution in [-0.2, 0) is 4.74 Å². The highest BCUT2D eigenvalue weighted by Crippen LogP contribution is 2.29. The number of hydrogen-bond acceptors (Lipinski definition) is 6. The van der Waals surface area contributed by atoms with E-state index >= 15 is 0 Å². The van der Waals surface area contributed by atoms with Gasteiger partial charge in [-0.05, 0) is 42.6 Å². The molecule has 0 aliphatic carbocycles. The molecule has 4 heterocycles. The van der Waals surface area contributed by atoms with Crippen LogP contribution in [0.15, 0.2) is 30.7 Å². The lowest BCUT2D eigenvalue weighted by molar-refractivity contribution is 0.0705. The van der Waals surface area contributed by atoms with Crippen molar-refractivity contribution in [1.29, 1.82) is 5.26 Å². The van der Waals surface area contributed by atoms with E-state index in [4.69, 9.17) is 21.3 Å². The van der Waals surface area contributed by atoms with Crippen molar-refractivity contribution in [3.05, 3.63) is 41.6 Å². The molecular weight excluding hydrogens is 366 g/mol. The van der Waals surface area contributed by atoms with Gasteiger partial charge in [-0.15, -0.1) is 0 Å². The van der Waals surface area contributed by atoms with E-state index in [-0.39, 0.29) is 6.04 Å². The zero-order valence-corrected chi connectivity index (χ0v) is 15.0. The standard InChI is InChI=1S/C18H14ClN7O/c19-17-23-14-9-21-18(24-16(14)26(17)12-3-5-27-6-4-12)25-10-22-13-2-1-11(8-20)7-15(13)25/h1-2,7,9-10,12H,3-6H2. The van der Waals surface area contributed by atoms with Crippen LogP contribution in [0.1, 0.15) is 24.4 Å². The van der Waals surface area contributed by atoms with Crippen LogP contribution in [0, 0.1) is 11.3 Å². The molecule has 1 fully saturated rings. The van der Waals surface area contributed by atoms with Gasteiger partial charge in [0.1, 0.15) is 11.8 Å². The van der Waals surface area contributed by atoms with Gasteiger partial charge in [0.15, 0.2) is 5.65 Å². The van der Waals surface area contributed by atoms with Crippen LogP contribution in [0.3, 0.4) is 0 Å². The molecule has 0 amide bonds. The molecule has 5 rings (SSSR count). The maximum atomic E-state index is 9.17. The van der Waals surface area contributed by atoms with Gasteiger partial charge in [-0.25, -0.2) is 15.0 Å². The number of rotatable bonds is 2. The third-order valence-electron chi connectivity index (χ3n) is 4.82. The first-order valence-corrected chi connectivity index (χ1v) is 8.98. The average Bonchev–Trinajstić information content (AvgIpc) is 3.27. The highest BCUT2D eigenvalue weighted by atomic mass is 35.5. The van der Waals surface area contributed by atoms with Crippen molar-refractivity contribution in [3.63, 3.8) is 0 Å². The van der Waals surface area contributed by atoms with Crippen LogP contribution in [0.25, 0.3) is 28.1 Å². The van der Waals surface area contributed by atoms with Crippen LogP contribution in [0.2, 0.25) is 5.28 Å². The third-order valence-corrected chi connectivity index (χ3v) is 5.09. The molecule has 27 heavy (non-hydrogen) atoms. The molecule has 1 saturated heterocycles. The molecule has 0 radical (unpaired) electrons. The lowest BCUT2D eigenvalue weighted by Crippen LogP contribution is -2.20. The number of aromatic nitrogens is 6. The molecule has 0 unspecified atom stereocenters. The molecule has 3 aromatic heterocycles. The molecule has 0 spiro atoms. The SMILES string of the molecule is N#Cc1ccc2ncn(-c3ncc4nc(Cl)n(C5CCOCC5)c4n3)c2c1. The first-order valence-electron chi connectivity index (χ1n) is 8.60.